The number of aromatic nitrogens is 1. The molecule has 2 fully saturated rings. The first-order valence-electron chi connectivity index (χ1n) is 11.2. The fourth-order valence-electron chi connectivity index (χ4n) is 4.59. The molecule has 7 heteroatoms. The summed E-state index contributed by atoms with van der Waals surface area (Å²) in [4.78, 5) is 28.8. The molecule has 2 aliphatic rings. The van der Waals surface area contributed by atoms with Crippen LogP contribution < -0.4 is 5.32 Å². The number of carbonyl (C=O) groups excluding carboxylic acids is 2. The molecule has 162 valence electrons. The third-order valence-corrected chi connectivity index (χ3v) is 7.65. The Hall–Kier alpha value is -2.67. The Morgan fingerprint density at radius 2 is 2.03 bits per heavy atom. The van der Waals surface area contributed by atoms with E-state index < -0.39 is 0 Å². The first-order chi connectivity index (χ1) is 15.2. The number of rotatable bonds is 5. The Morgan fingerprint density at radius 1 is 1.19 bits per heavy atom. The molecule has 1 aliphatic heterocycles. The van der Waals surface area contributed by atoms with E-state index in [4.69, 9.17) is 4.52 Å². The zero-order chi connectivity index (χ0) is 21.4. The van der Waals surface area contributed by atoms with Gasteiger partial charge in [-0.05, 0) is 49.1 Å². The molecule has 1 aliphatic carbocycles. The van der Waals surface area contributed by atoms with E-state index in [9.17, 15) is 9.59 Å². The summed E-state index contributed by atoms with van der Waals surface area (Å²) >= 11 is 1.53. The fourth-order valence-corrected chi connectivity index (χ4v) is 5.77. The maximum Gasteiger partial charge on any atom is 0.276 e. The second kappa shape index (κ2) is 8.46. The van der Waals surface area contributed by atoms with Gasteiger partial charge in [-0.1, -0.05) is 36.2 Å². The molecule has 0 bridgehead atoms. The fraction of sp³-hybridized carbons (Fsp3) is 0.458. The Labute approximate surface area is 185 Å². The molecule has 1 saturated heterocycles. The van der Waals surface area contributed by atoms with Gasteiger partial charge in [0.25, 0.3) is 11.8 Å². The van der Waals surface area contributed by atoms with Crippen LogP contribution in [-0.4, -0.2) is 41.5 Å². The summed E-state index contributed by atoms with van der Waals surface area (Å²) in [7, 11) is 1.67. The van der Waals surface area contributed by atoms with Crippen molar-refractivity contribution in [3.05, 3.63) is 52.2 Å². The first-order valence-corrected chi connectivity index (χ1v) is 12.0. The standard InChI is InChI=1S/C24H27N3O3S/c1-25-23(28)22-18(17-8-4-5-9-21(17)31-22)13-16-7-3-2-6-12-27(16)24(29)19-14-20(30-26-19)15-10-11-15/h4-5,8-9,14-16H,2-3,6-7,10-13H2,1H3,(H,25,28)/t16-/m1/s1. The number of hydrogen-bond donors (Lipinski definition) is 1. The molecule has 0 unspecified atom stereocenters. The summed E-state index contributed by atoms with van der Waals surface area (Å²) in [5.74, 6) is 1.15. The van der Waals surface area contributed by atoms with E-state index in [1.807, 2.05) is 23.1 Å². The van der Waals surface area contributed by atoms with E-state index in [-0.39, 0.29) is 17.9 Å². The number of fused-ring (bicyclic) bond motifs is 1. The number of nitrogens with one attached hydrogen (secondary N) is 1. The highest BCUT2D eigenvalue weighted by molar-refractivity contribution is 7.21. The molecule has 1 saturated carbocycles. The van der Waals surface area contributed by atoms with Crippen LogP contribution in [0.1, 0.15) is 75.9 Å². The normalized spacial score (nSPS) is 19.4. The van der Waals surface area contributed by atoms with E-state index in [1.165, 1.54) is 11.3 Å². The molecule has 1 aromatic carbocycles. The van der Waals surface area contributed by atoms with Crippen molar-refractivity contribution in [1.29, 1.82) is 0 Å². The minimum atomic E-state index is -0.0618. The summed E-state index contributed by atoms with van der Waals surface area (Å²) in [6.45, 7) is 0.715. The average molecular weight is 438 g/mol. The minimum Gasteiger partial charge on any atom is -0.360 e. The van der Waals surface area contributed by atoms with E-state index in [0.29, 0.717) is 24.6 Å². The van der Waals surface area contributed by atoms with Crippen LogP contribution in [0.2, 0.25) is 0 Å². The molecule has 1 atom stereocenters. The van der Waals surface area contributed by atoms with Gasteiger partial charge < -0.3 is 14.7 Å². The summed E-state index contributed by atoms with van der Waals surface area (Å²) < 4.78 is 6.55. The van der Waals surface area contributed by atoms with Crippen molar-refractivity contribution in [2.24, 2.45) is 0 Å². The van der Waals surface area contributed by atoms with E-state index in [0.717, 1.165) is 64.8 Å². The first kappa shape index (κ1) is 20.2. The summed E-state index contributed by atoms with van der Waals surface area (Å²) in [5, 5.41) is 7.99. The van der Waals surface area contributed by atoms with Gasteiger partial charge in [0.05, 0.1) is 4.88 Å². The molecule has 6 nitrogen and oxygen atoms in total. The van der Waals surface area contributed by atoms with E-state index in [1.54, 1.807) is 7.05 Å². The van der Waals surface area contributed by atoms with Gasteiger partial charge in [-0.2, -0.15) is 0 Å². The highest BCUT2D eigenvalue weighted by Crippen LogP contribution is 2.40. The van der Waals surface area contributed by atoms with Crippen LogP contribution in [0.5, 0.6) is 0 Å². The van der Waals surface area contributed by atoms with Crippen LogP contribution in [0.4, 0.5) is 0 Å². The molecule has 1 N–H and O–H groups in total. The van der Waals surface area contributed by atoms with Crippen LogP contribution in [0.3, 0.4) is 0 Å². The van der Waals surface area contributed by atoms with Gasteiger partial charge in [-0.25, -0.2) is 0 Å². The van der Waals surface area contributed by atoms with Crippen molar-refractivity contribution in [2.75, 3.05) is 13.6 Å². The number of thiophene rings is 1. The second-order valence-corrected chi connectivity index (χ2v) is 9.63. The Morgan fingerprint density at radius 3 is 2.84 bits per heavy atom. The molecular formula is C24H27N3O3S. The van der Waals surface area contributed by atoms with E-state index >= 15 is 0 Å². The van der Waals surface area contributed by atoms with E-state index in [2.05, 4.69) is 22.6 Å². The Kier molecular flexibility index (Phi) is 5.52. The van der Waals surface area contributed by atoms with Gasteiger partial charge in [-0.15, -0.1) is 11.3 Å². The van der Waals surface area contributed by atoms with Crippen LogP contribution in [0.25, 0.3) is 10.1 Å². The molecule has 2 aromatic heterocycles. The highest BCUT2D eigenvalue weighted by Gasteiger charge is 2.33. The lowest BCUT2D eigenvalue weighted by Gasteiger charge is -2.29. The monoisotopic (exact) mass is 437 g/mol. The van der Waals surface area contributed by atoms with Gasteiger partial charge in [0.2, 0.25) is 0 Å². The average Bonchev–Trinajstić information content (AvgIpc) is 3.48. The van der Waals surface area contributed by atoms with Gasteiger partial charge in [-0.3, -0.25) is 9.59 Å². The number of benzene rings is 1. The Bertz CT molecular complexity index is 1110. The lowest BCUT2D eigenvalue weighted by Crippen LogP contribution is -2.41. The molecule has 31 heavy (non-hydrogen) atoms. The van der Waals surface area contributed by atoms with Gasteiger partial charge in [0.1, 0.15) is 5.76 Å². The van der Waals surface area contributed by atoms with Crippen molar-refractivity contribution in [1.82, 2.24) is 15.4 Å². The molecular weight excluding hydrogens is 410 g/mol. The smallest absolute Gasteiger partial charge is 0.276 e. The zero-order valence-corrected chi connectivity index (χ0v) is 18.5. The second-order valence-electron chi connectivity index (χ2n) is 8.58. The number of likely N-dealkylation sites (tertiary alicyclic amines) is 1. The summed E-state index contributed by atoms with van der Waals surface area (Å²) in [6, 6.07) is 10.0. The predicted molar refractivity (Wildman–Crippen MR) is 121 cm³/mol. The maximum absolute atomic E-state index is 13.4. The third kappa shape index (κ3) is 3.99. The third-order valence-electron chi connectivity index (χ3n) is 6.44. The van der Waals surface area contributed by atoms with Crippen LogP contribution >= 0.6 is 11.3 Å². The van der Waals surface area contributed by atoms with Crippen molar-refractivity contribution >= 4 is 33.2 Å². The predicted octanol–water partition coefficient (Wildman–Crippen LogP) is 4.75. The van der Waals surface area contributed by atoms with Gasteiger partial charge >= 0.3 is 0 Å². The number of carbonyl (C=O) groups is 2. The van der Waals surface area contributed by atoms with Gasteiger partial charge in [0.15, 0.2) is 5.69 Å². The van der Waals surface area contributed by atoms with Gasteiger partial charge in [0, 0.05) is 36.3 Å². The van der Waals surface area contributed by atoms with Crippen molar-refractivity contribution < 1.29 is 14.1 Å². The quantitative estimate of drug-likeness (QED) is 0.625. The molecule has 2 amide bonds. The molecule has 5 rings (SSSR count). The van der Waals surface area contributed by atoms with Crippen LogP contribution in [-0.2, 0) is 6.42 Å². The molecule has 0 spiro atoms. The number of amides is 2. The molecule has 3 heterocycles. The largest absolute Gasteiger partial charge is 0.360 e. The topological polar surface area (TPSA) is 75.4 Å². The maximum atomic E-state index is 13.4. The number of hydrogen-bond acceptors (Lipinski definition) is 5. The summed E-state index contributed by atoms with van der Waals surface area (Å²) in [6.07, 6.45) is 7.01. The number of nitrogens with zero attached hydrogens (tertiary/aromatic N) is 2. The van der Waals surface area contributed by atoms with Crippen LogP contribution in [0, 0.1) is 0 Å². The highest BCUT2D eigenvalue weighted by atomic mass is 32.1. The Balaban J connectivity index is 1.47. The minimum absolute atomic E-state index is 0.0393. The molecule has 0 radical (unpaired) electrons. The SMILES string of the molecule is CNC(=O)c1sc2ccccc2c1C[C@H]1CCCCCN1C(=O)c1cc(C2CC2)on1. The van der Waals surface area contributed by atoms with Crippen molar-refractivity contribution in [3.8, 4) is 0 Å². The van der Waals surface area contributed by atoms with Crippen molar-refractivity contribution in [2.45, 2.75) is 56.9 Å². The molecule has 3 aromatic rings. The summed E-state index contributed by atoms with van der Waals surface area (Å²) in [5.41, 5.74) is 1.46. The van der Waals surface area contributed by atoms with Crippen molar-refractivity contribution in [3.63, 3.8) is 0 Å². The van der Waals surface area contributed by atoms with Crippen LogP contribution in [0.15, 0.2) is 34.9 Å². The lowest BCUT2D eigenvalue weighted by molar-refractivity contribution is 0.0671. The zero-order valence-electron chi connectivity index (χ0n) is 17.7. The lowest BCUT2D eigenvalue weighted by atomic mass is 9.97.